The zero-order valence-electron chi connectivity index (χ0n) is 14.4. The molecule has 2 aliphatic heterocycles. The van der Waals surface area contributed by atoms with Gasteiger partial charge in [0.2, 0.25) is 10.0 Å². The van der Waals surface area contributed by atoms with E-state index in [0.717, 1.165) is 12.8 Å². The molecule has 7 nitrogen and oxygen atoms in total. The Morgan fingerprint density at radius 2 is 1.68 bits per heavy atom. The molecule has 0 radical (unpaired) electrons. The van der Waals surface area contributed by atoms with Crippen molar-refractivity contribution in [2.75, 3.05) is 26.2 Å². The Morgan fingerprint density at radius 1 is 1.08 bits per heavy atom. The summed E-state index contributed by atoms with van der Waals surface area (Å²) in [4.78, 5) is 26.3. The molecular formula is C17H22N2O5S. The second kappa shape index (κ2) is 6.42. The third kappa shape index (κ3) is 3.16. The molecule has 136 valence electrons. The second-order valence-electron chi connectivity index (χ2n) is 6.79. The second-order valence-corrected chi connectivity index (χ2v) is 8.73. The molecule has 0 bridgehead atoms. The van der Waals surface area contributed by atoms with E-state index in [-0.39, 0.29) is 17.4 Å². The van der Waals surface area contributed by atoms with Crippen LogP contribution in [0.2, 0.25) is 0 Å². The maximum atomic E-state index is 12.7. The van der Waals surface area contributed by atoms with E-state index in [1.54, 1.807) is 13.8 Å². The van der Waals surface area contributed by atoms with Crippen molar-refractivity contribution in [1.29, 1.82) is 0 Å². The van der Waals surface area contributed by atoms with Crippen LogP contribution in [-0.2, 0) is 19.6 Å². The minimum Gasteiger partial charge on any atom is -0.462 e. The van der Waals surface area contributed by atoms with Crippen molar-refractivity contribution in [3.05, 3.63) is 29.8 Å². The van der Waals surface area contributed by atoms with Crippen LogP contribution in [0.15, 0.2) is 29.2 Å². The van der Waals surface area contributed by atoms with Crippen molar-refractivity contribution >= 4 is 21.9 Å². The van der Waals surface area contributed by atoms with Gasteiger partial charge >= 0.3 is 5.97 Å². The van der Waals surface area contributed by atoms with Crippen molar-refractivity contribution < 1.29 is 22.7 Å². The van der Waals surface area contributed by atoms with Gasteiger partial charge in [-0.05, 0) is 51.0 Å². The van der Waals surface area contributed by atoms with Crippen molar-refractivity contribution in [2.45, 2.75) is 37.1 Å². The largest absolute Gasteiger partial charge is 0.462 e. The van der Waals surface area contributed by atoms with Crippen LogP contribution in [0.1, 0.15) is 37.0 Å². The van der Waals surface area contributed by atoms with Crippen molar-refractivity contribution in [2.24, 2.45) is 0 Å². The summed E-state index contributed by atoms with van der Waals surface area (Å²) in [5.41, 5.74) is -0.696. The highest BCUT2D eigenvalue weighted by Gasteiger charge is 2.42. The van der Waals surface area contributed by atoms with Gasteiger partial charge in [-0.15, -0.1) is 0 Å². The summed E-state index contributed by atoms with van der Waals surface area (Å²) in [6, 6.07) is 5.91. The first kappa shape index (κ1) is 17.9. The minimum atomic E-state index is -3.50. The Balaban J connectivity index is 1.82. The Hall–Kier alpha value is -1.93. The number of benzene rings is 1. The summed E-state index contributed by atoms with van der Waals surface area (Å²) in [5, 5.41) is 0. The third-order valence-corrected chi connectivity index (χ3v) is 6.68. The molecule has 1 amide bonds. The highest BCUT2D eigenvalue weighted by atomic mass is 32.2. The van der Waals surface area contributed by atoms with Gasteiger partial charge in [-0.1, -0.05) is 0 Å². The SMILES string of the molecule is CC1(C)C(=O)OCCN1C(=O)c1ccc(S(=O)(=O)N2CCCC2)cc1. The van der Waals surface area contributed by atoms with Gasteiger partial charge in [-0.25, -0.2) is 13.2 Å². The van der Waals surface area contributed by atoms with E-state index in [4.69, 9.17) is 4.74 Å². The Bertz CT molecular complexity index is 780. The van der Waals surface area contributed by atoms with Crippen LogP contribution in [0.25, 0.3) is 0 Å². The fourth-order valence-corrected chi connectivity index (χ4v) is 4.67. The molecule has 8 heteroatoms. The van der Waals surface area contributed by atoms with Gasteiger partial charge in [0.15, 0.2) is 0 Å². The quantitative estimate of drug-likeness (QED) is 0.752. The Kier molecular flexibility index (Phi) is 4.59. The molecule has 3 rings (SSSR count). The minimum absolute atomic E-state index is 0.162. The van der Waals surface area contributed by atoms with Crippen LogP contribution in [0.3, 0.4) is 0 Å². The molecule has 1 aromatic carbocycles. The molecule has 0 spiro atoms. The molecule has 0 aromatic heterocycles. The molecule has 0 unspecified atom stereocenters. The van der Waals surface area contributed by atoms with E-state index in [0.29, 0.717) is 25.2 Å². The molecule has 25 heavy (non-hydrogen) atoms. The predicted molar refractivity (Wildman–Crippen MR) is 90.5 cm³/mol. The van der Waals surface area contributed by atoms with Crippen LogP contribution in [0, 0.1) is 0 Å². The zero-order chi connectivity index (χ0) is 18.2. The number of nitrogens with zero attached hydrogens (tertiary/aromatic N) is 2. The first-order valence-electron chi connectivity index (χ1n) is 8.34. The molecule has 0 N–H and O–H groups in total. The fourth-order valence-electron chi connectivity index (χ4n) is 3.15. The number of hydrogen-bond acceptors (Lipinski definition) is 5. The van der Waals surface area contributed by atoms with Crippen molar-refractivity contribution in [3.63, 3.8) is 0 Å². The van der Waals surface area contributed by atoms with Crippen molar-refractivity contribution in [1.82, 2.24) is 9.21 Å². The average Bonchev–Trinajstić information content (AvgIpc) is 3.12. The van der Waals surface area contributed by atoms with E-state index in [9.17, 15) is 18.0 Å². The molecule has 1 aromatic rings. The lowest BCUT2D eigenvalue weighted by Crippen LogP contribution is -2.58. The number of carbonyl (C=O) groups excluding carboxylic acids is 2. The Labute approximate surface area is 147 Å². The van der Waals surface area contributed by atoms with E-state index in [1.807, 2.05) is 0 Å². The fraction of sp³-hybridized carbons (Fsp3) is 0.529. The number of morpholine rings is 1. The lowest BCUT2D eigenvalue weighted by atomic mass is 10.00. The van der Waals surface area contributed by atoms with Gasteiger partial charge < -0.3 is 9.64 Å². The maximum Gasteiger partial charge on any atom is 0.331 e. The molecule has 2 heterocycles. The standard InChI is InChI=1S/C17H22N2O5S/c1-17(2)16(21)24-12-11-19(17)15(20)13-5-7-14(8-6-13)25(22,23)18-9-3-4-10-18/h5-8H,3-4,9-12H2,1-2H3. The van der Waals surface area contributed by atoms with E-state index in [2.05, 4.69) is 0 Å². The number of ether oxygens (including phenoxy) is 1. The number of amides is 1. The Morgan fingerprint density at radius 3 is 2.28 bits per heavy atom. The lowest BCUT2D eigenvalue weighted by Gasteiger charge is -2.40. The summed E-state index contributed by atoms with van der Waals surface area (Å²) < 4.78 is 31.5. The zero-order valence-corrected chi connectivity index (χ0v) is 15.2. The van der Waals surface area contributed by atoms with Gasteiger partial charge in [0.1, 0.15) is 12.1 Å². The molecule has 0 aliphatic carbocycles. The monoisotopic (exact) mass is 366 g/mol. The maximum absolute atomic E-state index is 12.7. The molecule has 0 atom stereocenters. The van der Waals surface area contributed by atoms with E-state index >= 15 is 0 Å². The number of sulfonamides is 1. The summed E-state index contributed by atoms with van der Waals surface area (Å²) in [6.07, 6.45) is 1.74. The summed E-state index contributed by atoms with van der Waals surface area (Å²) >= 11 is 0. The molecule has 2 fully saturated rings. The van der Waals surface area contributed by atoms with Crippen LogP contribution >= 0.6 is 0 Å². The summed E-state index contributed by atoms with van der Waals surface area (Å²) in [6.45, 7) is 4.82. The normalized spacial score (nSPS) is 21.2. The molecule has 2 saturated heterocycles. The number of esters is 1. The molecule has 0 saturated carbocycles. The smallest absolute Gasteiger partial charge is 0.331 e. The van der Waals surface area contributed by atoms with Gasteiger partial charge in [0.05, 0.1) is 11.4 Å². The topological polar surface area (TPSA) is 84.0 Å². The first-order valence-corrected chi connectivity index (χ1v) is 9.78. The number of hydrogen-bond donors (Lipinski definition) is 0. The van der Waals surface area contributed by atoms with Crippen LogP contribution in [0.4, 0.5) is 0 Å². The molecule has 2 aliphatic rings. The number of cyclic esters (lactones) is 1. The number of carbonyl (C=O) groups is 2. The lowest BCUT2D eigenvalue weighted by molar-refractivity contribution is -0.162. The van der Waals surface area contributed by atoms with Gasteiger partial charge in [0, 0.05) is 18.7 Å². The van der Waals surface area contributed by atoms with E-state index in [1.165, 1.54) is 33.5 Å². The van der Waals surface area contributed by atoms with Crippen LogP contribution in [0.5, 0.6) is 0 Å². The third-order valence-electron chi connectivity index (χ3n) is 4.77. The van der Waals surface area contributed by atoms with Gasteiger partial charge in [-0.2, -0.15) is 4.31 Å². The summed E-state index contributed by atoms with van der Waals surface area (Å²) in [5.74, 6) is -0.757. The highest BCUT2D eigenvalue weighted by Crippen LogP contribution is 2.25. The average molecular weight is 366 g/mol. The van der Waals surface area contributed by atoms with Gasteiger partial charge in [0.25, 0.3) is 5.91 Å². The molecular weight excluding hydrogens is 344 g/mol. The number of rotatable bonds is 3. The summed E-state index contributed by atoms with van der Waals surface area (Å²) in [7, 11) is -3.50. The van der Waals surface area contributed by atoms with Crippen LogP contribution in [-0.4, -0.2) is 61.3 Å². The predicted octanol–water partition coefficient (Wildman–Crippen LogP) is 1.25. The van der Waals surface area contributed by atoms with Gasteiger partial charge in [-0.3, -0.25) is 4.79 Å². The van der Waals surface area contributed by atoms with Crippen molar-refractivity contribution in [3.8, 4) is 0 Å². The van der Waals surface area contributed by atoms with E-state index < -0.39 is 21.5 Å². The highest BCUT2D eigenvalue weighted by molar-refractivity contribution is 7.89. The van der Waals surface area contributed by atoms with Crippen LogP contribution < -0.4 is 0 Å². The first-order chi connectivity index (χ1) is 11.7.